The number of nitrogens with one attached hydrogen (secondary N) is 1. The van der Waals surface area contributed by atoms with Crippen molar-refractivity contribution in [1.29, 1.82) is 0 Å². The van der Waals surface area contributed by atoms with Crippen LogP contribution in [0.25, 0.3) is 11.4 Å². The van der Waals surface area contributed by atoms with Crippen LogP contribution in [-0.4, -0.2) is 20.6 Å². The highest BCUT2D eigenvalue weighted by atomic mass is 19.4. The van der Waals surface area contributed by atoms with E-state index in [0.717, 1.165) is 17.8 Å². The molecule has 0 atom stereocenters. The Bertz CT molecular complexity index is 1120. The van der Waals surface area contributed by atoms with Gasteiger partial charge in [-0.15, -0.1) is 0 Å². The van der Waals surface area contributed by atoms with Crippen LogP contribution in [0.1, 0.15) is 30.5 Å². The van der Waals surface area contributed by atoms with Crippen LogP contribution in [0.2, 0.25) is 0 Å². The number of halogens is 3. The van der Waals surface area contributed by atoms with Gasteiger partial charge in [0, 0.05) is 30.8 Å². The number of carbonyl (C=O) groups is 1. The van der Waals surface area contributed by atoms with Gasteiger partial charge in [-0.2, -0.15) is 18.2 Å². The van der Waals surface area contributed by atoms with Gasteiger partial charge in [0.05, 0.1) is 11.1 Å². The van der Waals surface area contributed by atoms with E-state index in [9.17, 15) is 22.8 Å². The van der Waals surface area contributed by atoms with Gasteiger partial charge in [-0.25, -0.2) is 0 Å². The molecular formula is C20H19F3N4O3. The molecular weight excluding hydrogens is 401 g/mol. The third-order valence-electron chi connectivity index (χ3n) is 4.46. The summed E-state index contributed by atoms with van der Waals surface area (Å²) in [4.78, 5) is 28.7. The summed E-state index contributed by atoms with van der Waals surface area (Å²) in [5.41, 5.74) is 0.0396. The summed E-state index contributed by atoms with van der Waals surface area (Å²) in [5.74, 6) is -0.236. The Morgan fingerprint density at radius 2 is 2.00 bits per heavy atom. The Labute approximate surface area is 169 Å². The van der Waals surface area contributed by atoms with Crippen molar-refractivity contribution in [3.63, 3.8) is 0 Å². The van der Waals surface area contributed by atoms with Crippen molar-refractivity contribution in [2.75, 3.05) is 5.32 Å². The molecule has 2 heterocycles. The first-order chi connectivity index (χ1) is 14.2. The fourth-order valence-corrected chi connectivity index (χ4v) is 2.92. The number of alkyl halides is 3. The molecule has 1 N–H and O–H groups in total. The lowest BCUT2D eigenvalue weighted by Crippen LogP contribution is -2.23. The van der Waals surface area contributed by atoms with Crippen LogP contribution >= 0.6 is 0 Å². The molecule has 158 valence electrons. The Kier molecular flexibility index (Phi) is 6.04. The van der Waals surface area contributed by atoms with Crippen LogP contribution in [0.4, 0.5) is 18.9 Å². The van der Waals surface area contributed by atoms with Crippen molar-refractivity contribution in [3.8, 4) is 11.4 Å². The first-order valence-corrected chi connectivity index (χ1v) is 9.19. The molecule has 0 bridgehead atoms. The van der Waals surface area contributed by atoms with Crippen LogP contribution < -0.4 is 10.9 Å². The maximum atomic E-state index is 12.8. The van der Waals surface area contributed by atoms with Gasteiger partial charge >= 0.3 is 6.18 Å². The molecule has 0 spiro atoms. The fraction of sp³-hybridized carbons (Fsp3) is 0.300. The topological polar surface area (TPSA) is 90.0 Å². The minimum Gasteiger partial charge on any atom is -0.339 e. The molecule has 30 heavy (non-hydrogen) atoms. The molecule has 1 aromatic carbocycles. The first-order valence-electron chi connectivity index (χ1n) is 9.19. The number of carbonyl (C=O) groups excluding carboxylic acids is 1. The average molecular weight is 420 g/mol. The molecule has 1 amide bonds. The normalized spacial score (nSPS) is 11.5. The average Bonchev–Trinajstić information content (AvgIpc) is 3.15. The van der Waals surface area contributed by atoms with E-state index < -0.39 is 17.6 Å². The number of benzene rings is 1. The van der Waals surface area contributed by atoms with E-state index in [0.29, 0.717) is 6.54 Å². The Balaban J connectivity index is 1.65. The first kappa shape index (κ1) is 21.3. The number of hydrogen-bond acceptors (Lipinski definition) is 5. The van der Waals surface area contributed by atoms with Crippen LogP contribution in [0.15, 0.2) is 45.7 Å². The summed E-state index contributed by atoms with van der Waals surface area (Å²) in [6.45, 7) is 4.17. The number of aromatic nitrogens is 3. The van der Waals surface area contributed by atoms with E-state index >= 15 is 0 Å². The molecule has 10 heteroatoms. The molecule has 0 aliphatic rings. The van der Waals surface area contributed by atoms with Crippen molar-refractivity contribution in [1.82, 2.24) is 14.7 Å². The smallest absolute Gasteiger partial charge is 0.339 e. The number of anilines is 1. The van der Waals surface area contributed by atoms with Gasteiger partial charge in [0.15, 0.2) is 0 Å². The van der Waals surface area contributed by atoms with Crippen molar-refractivity contribution in [3.05, 3.63) is 63.9 Å². The van der Waals surface area contributed by atoms with Gasteiger partial charge in [0.2, 0.25) is 17.6 Å². The number of nitrogens with zero attached hydrogens (tertiary/aromatic N) is 3. The van der Waals surface area contributed by atoms with Gasteiger partial charge in [0.25, 0.3) is 5.56 Å². The van der Waals surface area contributed by atoms with Crippen LogP contribution in [0.3, 0.4) is 0 Å². The molecule has 0 aliphatic carbocycles. The van der Waals surface area contributed by atoms with Crippen LogP contribution in [0.5, 0.6) is 0 Å². The van der Waals surface area contributed by atoms with Gasteiger partial charge < -0.3 is 14.4 Å². The third kappa shape index (κ3) is 4.76. The lowest BCUT2D eigenvalue weighted by atomic mass is 10.2. The highest BCUT2D eigenvalue weighted by molar-refractivity contribution is 5.90. The van der Waals surface area contributed by atoms with Gasteiger partial charge in [0.1, 0.15) is 0 Å². The Morgan fingerprint density at radius 3 is 2.70 bits per heavy atom. The maximum absolute atomic E-state index is 12.8. The lowest BCUT2D eigenvalue weighted by Gasteiger charge is -2.09. The summed E-state index contributed by atoms with van der Waals surface area (Å²) in [7, 11) is 0. The predicted molar refractivity (Wildman–Crippen MR) is 103 cm³/mol. The fourth-order valence-electron chi connectivity index (χ4n) is 2.92. The Morgan fingerprint density at radius 1 is 1.23 bits per heavy atom. The number of rotatable bonds is 6. The predicted octanol–water partition coefficient (Wildman–Crippen LogP) is 3.82. The summed E-state index contributed by atoms with van der Waals surface area (Å²) < 4.78 is 44.9. The van der Waals surface area contributed by atoms with Crippen LogP contribution in [-0.2, 0) is 23.9 Å². The zero-order chi connectivity index (χ0) is 21.9. The molecule has 3 rings (SSSR count). The van der Waals surface area contributed by atoms with E-state index in [-0.39, 0.29) is 41.4 Å². The molecule has 0 saturated carbocycles. The molecule has 0 aliphatic heterocycles. The second kappa shape index (κ2) is 8.52. The minimum absolute atomic E-state index is 0.0424. The number of hydrogen-bond donors (Lipinski definition) is 1. The van der Waals surface area contributed by atoms with Gasteiger partial charge in [-0.1, -0.05) is 11.2 Å². The monoisotopic (exact) mass is 420 g/mol. The van der Waals surface area contributed by atoms with E-state index in [4.69, 9.17) is 4.52 Å². The SMILES string of the molecule is CCn1c(C)ccc(-c2noc(CCC(=O)Nc3cccc(C(F)(F)F)c3)n2)c1=O. The van der Waals surface area contributed by atoms with E-state index in [1.165, 1.54) is 12.1 Å². The molecule has 0 saturated heterocycles. The molecule has 3 aromatic rings. The standard InChI is InChI=1S/C20H19F3N4O3/c1-3-27-12(2)7-8-15(19(27)29)18-25-17(30-26-18)10-9-16(28)24-14-6-4-5-13(11-14)20(21,22)23/h4-8,11H,3,9-10H2,1-2H3,(H,24,28). The second-order valence-electron chi connectivity index (χ2n) is 6.58. The molecule has 0 fully saturated rings. The molecule has 0 unspecified atom stereocenters. The zero-order valence-corrected chi connectivity index (χ0v) is 16.3. The number of amides is 1. The molecule has 2 aromatic heterocycles. The van der Waals surface area contributed by atoms with Gasteiger partial charge in [-0.3, -0.25) is 9.59 Å². The second-order valence-corrected chi connectivity index (χ2v) is 6.58. The number of pyridine rings is 1. The highest BCUT2D eigenvalue weighted by Gasteiger charge is 2.30. The molecule has 0 radical (unpaired) electrons. The summed E-state index contributed by atoms with van der Waals surface area (Å²) in [6.07, 6.45) is -4.50. The number of aryl methyl sites for hydroxylation is 2. The third-order valence-corrected chi connectivity index (χ3v) is 4.46. The van der Waals surface area contributed by atoms with Gasteiger partial charge in [-0.05, 0) is 44.2 Å². The van der Waals surface area contributed by atoms with Crippen LogP contribution in [0, 0.1) is 6.92 Å². The van der Waals surface area contributed by atoms with Crippen molar-refractivity contribution < 1.29 is 22.5 Å². The van der Waals surface area contributed by atoms with Crippen molar-refractivity contribution in [2.45, 2.75) is 39.4 Å². The summed E-state index contributed by atoms with van der Waals surface area (Å²) >= 11 is 0. The largest absolute Gasteiger partial charge is 0.416 e. The Hall–Kier alpha value is -3.43. The quantitative estimate of drug-likeness (QED) is 0.655. The lowest BCUT2D eigenvalue weighted by molar-refractivity contribution is -0.137. The van der Waals surface area contributed by atoms with Crippen molar-refractivity contribution >= 4 is 11.6 Å². The maximum Gasteiger partial charge on any atom is 0.416 e. The highest BCUT2D eigenvalue weighted by Crippen LogP contribution is 2.30. The summed E-state index contributed by atoms with van der Waals surface area (Å²) in [5, 5.41) is 6.21. The van der Waals surface area contributed by atoms with Crippen molar-refractivity contribution in [2.24, 2.45) is 0 Å². The molecule has 7 nitrogen and oxygen atoms in total. The summed E-state index contributed by atoms with van der Waals surface area (Å²) in [6, 6.07) is 7.76. The van der Waals surface area contributed by atoms with E-state index in [1.807, 2.05) is 13.8 Å². The van der Waals surface area contributed by atoms with E-state index in [2.05, 4.69) is 15.5 Å². The minimum atomic E-state index is -4.49. The van der Waals surface area contributed by atoms with E-state index in [1.54, 1.807) is 16.7 Å². The zero-order valence-electron chi connectivity index (χ0n) is 16.3.